The van der Waals surface area contributed by atoms with Crippen LogP contribution >= 0.6 is 11.8 Å². The molecular weight excluding hydrogens is 238 g/mol. The molecule has 0 aliphatic carbocycles. The highest BCUT2D eigenvalue weighted by Gasteiger charge is 2.11. The summed E-state index contributed by atoms with van der Waals surface area (Å²) in [5.41, 5.74) is 0.202. The molecule has 2 aromatic rings. The van der Waals surface area contributed by atoms with Crippen molar-refractivity contribution in [3.63, 3.8) is 0 Å². The number of hydrogen-bond donors (Lipinski definition) is 1. The molecule has 0 radical (unpaired) electrons. The van der Waals surface area contributed by atoms with E-state index in [0.717, 1.165) is 0 Å². The van der Waals surface area contributed by atoms with Crippen LogP contribution in [0.5, 0.6) is 0 Å². The summed E-state index contributed by atoms with van der Waals surface area (Å²) in [5, 5.41) is 9.46. The van der Waals surface area contributed by atoms with E-state index >= 15 is 0 Å². The maximum atomic E-state index is 10.9. The lowest BCUT2D eigenvalue weighted by atomic mass is 10.3. The van der Waals surface area contributed by atoms with Crippen LogP contribution in [0.1, 0.15) is 16.2 Å². The predicted molar refractivity (Wildman–Crippen MR) is 62.8 cm³/mol. The Morgan fingerprint density at radius 2 is 1.88 bits per heavy atom. The summed E-state index contributed by atoms with van der Waals surface area (Å²) in [4.78, 5) is 23.1. The molecule has 0 saturated heterocycles. The zero-order valence-electron chi connectivity index (χ0n) is 8.78. The maximum absolute atomic E-state index is 10.9. The standard InChI is InChI=1S/C11H9N3O2S/c15-11(16)8-3-1-4-14-10(8)17-7-9-12-5-2-6-13-9/h1-6H,7H2,(H,15,16). The average Bonchev–Trinajstić information content (AvgIpc) is 2.38. The van der Waals surface area contributed by atoms with Crippen LogP contribution < -0.4 is 0 Å². The summed E-state index contributed by atoms with van der Waals surface area (Å²) in [6.45, 7) is 0. The Hall–Kier alpha value is -1.95. The van der Waals surface area contributed by atoms with Crippen LogP contribution in [0.3, 0.4) is 0 Å². The van der Waals surface area contributed by atoms with Crippen LogP contribution in [0.2, 0.25) is 0 Å². The summed E-state index contributed by atoms with van der Waals surface area (Å²) < 4.78 is 0. The van der Waals surface area contributed by atoms with E-state index in [1.165, 1.54) is 17.8 Å². The Bertz CT molecular complexity index is 519. The van der Waals surface area contributed by atoms with Crippen molar-refractivity contribution in [2.75, 3.05) is 0 Å². The molecule has 0 fully saturated rings. The highest BCUT2D eigenvalue weighted by atomic mass is 32.2. The first kappa shape index (κ1) is 11.5. The quantitative estimate of drug-likeness (QED) is 0.831. The van der Waals surface area contributed by atoms with Crippen LogP contribution in [-0.4, -0.2) is 26.0 Å². The summed E-state index contributed by atoms with van der Waals surface area (Å²) >= 11 is 1.31. The second-order valence-corrected chi connectivity index (χ2v) is 4.08. The average molecular weight is 247 g/mol. The molecule has 0 unspecified atom stereocenters. The first-order valence-electron chi connectivity index (χ1n) is 4.84. The molecule has 0 saturated carbocycles. The molecule has 0 atom stereocenters. The molecule has 86 valence electrons. The van der Waals surface area contributed by atoms with Gasteiger partial charge >= 0.3 is 5.97 Å². The summed E-state index contributed by atoms with van der Waals surface area (Å²) in [7, 11) is 0. The second kappa shape index (κ2) is 5.40. The molecular formula is C11H9N3O2S. The number of aromatic carboxylic acids is 1. The Morgan fingerprint density at radius 1 is 1.18 bits per heavy atom. The first-order valence-corrected chi connectivity index (χ1v) is 5.83. The van der Waals surface area contributed by atoms with Crippen molar-refractivity contribution in [3.05, 3.63) is 48.2 Å². The lowest BCUT2D eigenvalue weighted by molar-refractivity contribution is 0.0692. The molecule has 1 N–H and O–H groups in total. The van der Waals surface area contributed by atoms with Gasteiger partial charge in [-0.2, -0.15) is 0 Å². The van der Waals surface area contributed by atoms with Crippen molar-refractivity contribution >= 4 is 17.7 Å². The molecule has 0 bridgehead atoms. The summed E-state index contributed by atoms with van der Waals surface area (Å²) in [6.07, 6.45) is 4.87. The van der Waals surface area contributed by atoms with Gasteiger partial charge in [-0.05, 0) is 18.2 Å². The van der Waals surface area contributed by atoms with Crippen LogP contribution in [0.15, 0.2) is 41.8 Å². The van der Waals surface area contributed by atoms with Gasteiger partial charge in [-0.25, -0.2) is 19.7 Å². The number of thioether (sulfide) groups is 1. The number of pyridine rings is 1. The normalized spacial score (nSPS) is 10.1. The molecule has 6 heteroatoms. The van der Waals surface area contributed by atoms with Gasteiger partial charge in [0.05, 0.1) is 11.3 Å². The number of rotatable bonds is 4. The molecule has 2 heterocycles. The van der Waals surface area contributed by atoms with Gasteiger partial charge in [-0.15, -0.1) is 0 Å². The molecule has 0 aromatic carbocycles. The lowest BCUT2D eigenvalue weighted by Crippen LogP contribution is -2.00. The molecule has 2 aromatic heterocycles. The van der Waals surface area contributed by atoms with Crippen LogP contribution in [-0.2, 0) is 5.75 Å². The van der Waals surface area contributed by atoms with Gasteiger partial charge < -0.3 is 5.11 Å². The van der Waals surface area contributed by atoms with E-state index in [9.17, 15) is 4.79 Å². The van der Waals surface area contributed by atoms with Gasteiger partial charge in [-0.1, -0.05) is 11.8 Å². The molecule has 2 rings (SSSR count). The summed E-state index contributed by atoms with van der Waals surface area (Å²) in [6, 6.07) is 4.87. The Labute approximate surface area is 102 Å². The Kier molecular flexibility index (Phi) is 3.66. The van der Waals surface area contributed by atoms with Gasteiger partial charge in [0.1, 0.15) is 10.9 Å². The third kappa shape index (κ3) is 3.01. The Morgan fingerprint density at radius 3 is 2.59 bits per heavy atom. The number of carbonyl (C=O) groups is 1. The molecule has 0 aliphatic rings. The fourth-order valence-electron chi connectivity index (χ4n) is 1.21. The molecule has 0 aliphatic heterocycles. The van der Waals surface area contributed by atoms with Crippen molar-refractivity contribution < 1.29 is 9.90 Å². The zero-order chi connectivity index (χ0) is 12.1. The van der Waals surface area contributed by atoms with E-state index < -0.39 is 5.97 Å². The van der Waals surface area contributed by atoms with Crippen LogP contribution in [0.4, 0.5) is 0 Å². The van der Waals surface area contributed by atoms with Crippen LogP contribution in [0.25, 0.3) is 0 Å². The minimum absolute atomic E-state index is 0.202. The third-order valence-electron chi connectivity index (χ3n) is 1.96. The Balaban J connectivity index is 2.12. The van der Waals surface area contributed by atoms with E-state index in [1.54, 1.807) is 30.7 Å². The van der Waals surface area contributed by atoms with Crippen molar-refractivity contribution in [3.8, 4) is 0 Å². The fourth-order valence-corrected chi connectivity index (χ4v) is 2.07. The molecule has 0 spiro atoms. The predicted octanol–water partition coefficient (Wildman–Crippen LogP) is 1.86. The number of carboxylic acids is 1. The third-order valence-corrected chi connectivity index (χ3v) is 2.96. The van der Waals surface area contributed by atoms with E-state index in [4.69, 9.17) is 5.11 Å². The highest BCUT2D eigenvalue weighted by molar-refractivity contribution is 7.98. The van der Waals surface area contributed by atoms with E-state index in [0.29, 0.717) is 16.6 Å². The monoisotopic (exact) mass is 247 g/mol. The number of nitrogens with zero attached hydrogens (tertiary/aromatic N) is 3. The minimum Gasteiger partial charge on any atom is -0.478 e. The van der Waals surface area contributed by atoms with Gasteiger partial charge in [0.15, 0.2) is 0 Å². The van der Waals surface area contributed by atoms with E-state index in [-0.39, 0.29) is 5.56 Å². The molecule has 5 nitrogen and oxygen atoms in total. The topological polar surface area (TPSA) is 76.0 Å². The molecule has 0 amide bonds. The lowest BCUT2D eigenvalue weighted by Gasteiger charge is -2.03. The van der Waals surface area contributed by atoms with Gasteiger partial charge in [0.2, 0.25) is 0 Å². The van der Waals surface area contributed by atoms with Crippen molar-refractivity contribution in [1.29, 1.82) is 0 Å². The van der Waals surface area contributed by atoms with Crippen molar-refractivity contribution in [2.24, 2.45) is 0 Å². The van der Waals surface area contributed by atoms with Crippen molar-refractivity contribution in [2.45, 2.75) is 10.8 Å². The van der Waals surface area contributed by atoms with E-state index in [2.05, 4.69) is 15.0 Å². The van der Waals surface area contributed by atoms with Crippen molar-refractivity contribution in [1.82, 2.24) is 15.0 Å². The van der Waals surface area contributed by atoms with Gasteiger partial charge in [0.25, 0.3) is 0 Å². The first-order chi connectivity index (χ1) is 8.27. The largest absolute Gasteiger partial charge is 0.478 e. The van der Waals surface area contributed by atoms with E-state index in [1.807, 2.05) is 0 Å². The molecule has 17 heavy (non-hydrogen) atoms. The number of carboxylic acid groups (broad SMARTS) is 1. The fraction of sp³-hybridized carbons (Fsp3) is 0.0909. The SMILES string of the molecule is O=C(O)c1cccnc1SCc1ncccn1. The highest BCUT2D eigenvalue weighted by Crippen LogP contribution is 2.22. The second-order valence-electron chi connectivity index (χ2n) is 3.11. The van der Waals surface area contributed by atoms with Gasteiger partial charge in [0, 0.05) is 18.6 Å². The maximum Gasteiger partial charge on any atom is 0.338 e. The summed E-state index contributed by atoms with van der Waals surface area (Å²) in [5.74, 6) is 0.173. The minimum atomic E-state index is -0.977. The number of aromatic nitrogens is 3. The van der Waals surface area contributed by atoms with Crippen LogP contribution in [0, 0.1) is 0 Å². The smallest absolute Gasteiger partial charge is 0.338 e. The van der Waals surface area contributed by atoms with Gasteiger partial charge in [-0.3, -0.25) is 0 Å². The number of hydrogen-bond acceptors (Lipinski definition) is 5. The zero-order valence-corrected chi connectivity index (χ0v) is 9.59.